The molecule has 3 heterocycles. The molecule has 0 radical (unpaired) electrons. The molecule has 0 aliphatic carbocycles. The van der Waals surface area contributed by atoms with Crippen molar-refractivity contribution in [2.75, 3.05) is 19.7 Å². The molecule has 1 aromatic carbocycles. The fraction of sp³-hybridized carbons (Fsp3) is 0.560. The summed E-state index contributed by atoms with van der Waals surface area (Å²) >= 11 is 0. The minimum atomic E-state index is -0.363. The molecule has 4 rings (SSSR count). The molecule has 5 nitrogen and oxygen atoms in total. The molecule has 1 aromatic heterocycles. The Morgan fingerprint density at radius 2 is 1.87 bits per heavy atom. The van der Waals surface area contributed by atoms with Gasteiger partial charge < -0.3 is 15.2 Å². The summed E-state index contributed by atoms with van der Waals surface area (Å²) < 4.78 is 12.4. The summed E-state index contributed by atoms with van der Waals surface area (Å²) in [6, 6.07) is 10.8. The third kappa shape index (κ3) is 4.39. The summed E-state index contributed by atoms with van der Waals surface area (Å²) in [4.78, 5) is 6.94. The van der Waals surface area contributed by atoms with Gasteiger partial charge in [-0.05, 0) is 64.2 Å². The maximum atomic E-state index is 6.71. The summed E-state index contributed by atoms with van der Waals surface area (Å²) in [5.41, 5.74) is 10.5. The molecule has 2 aliphatic heterocycles. The van der Waals surface area contributed by atoms with Gasteiger partial charge in [0, 0.05) is 37.4 Å². The van der Waals surface area contributed by atoms with Crippen molar-refractivity contribution in [3.8, 4) is 5.88 Å². The number of likely N-dealkylation sites (tertiary alicyclic amines) is 1. The van der Waals surface area contributed by atoms with E-state index in [-0.39, 0.29) is 16.7 Å². The quantitative estimate of drug-likeness (QED) is 0.799. The first-order valence-electron chi connectivity index (χ1n) is 11.0. The van der Waals surface area contributed by atoms with Crippen LogP contribution in [0.1, 0.15) is 62.8 Å². The van der Waals surface area contributed by atoms with Gasteiger partial charge in [-0.25, -0.2) is 4.98 Å². The number of benzene rings is 1. The number of hydrogen-bond donors (Lipinski definition) is 1. The molecule has 162 valence electrons. The van der Waals surface area contributed by atoms with E-state index in [0.717, 1.165) is 32.5 Å². The van der Waals surface area contributed by atoms with Gasteiger partial charge in [-0.1, -0.05) is 29.8 Å². The van der Waals surface area contributed by atoms with Crippen LogP contribution in [0.2, 0.25) is 0 Å². The zero-order valence-electron chi connectivity index (χ0n) is 19.0. The summed E-state index contributed by atoms with van der Waals surface area (Å²) in [6.45, 7) is 13.8. The molecule has 2 N–H and O–H groups in total. The number of ether oxygens (including phenoxy) is 2. The predicted octanol–water partition coefficient (Wildman–Crippen LogP) is 4.26. The fourth-order valence-electron chi connectivity index (χ4n) is 4.71. The zero-order valence-corrected chi connectivity index (χ0v) is 19.0. The van der Waals surface area contributed by atoms with E-state index in [9.17, 15) is 0 Å². The minimum Gasteiger partial charge on any atom is -0.476 e. The van der Waals surface area contributed by atoms with Crippen LogP contribution in [0.25, 0.3) is 0 Å². The summed E-state index contributed by atoms with van der Waals surface area (Å²) in [7, 11) is 0. The van der Waals surface area contributed by atoms with Gasteiger partial charge in [-0.3, -0.25) is 4.90 Å². The first kappa shape index (κ1) is 21.3. The van der Waals surface area contributed by atoms with Crippen LogP contribution >= 0.6 is 0 Å². The highest BCUT2D eigenvalue weighted by Crippen LogP contribution is 2.52. The number of nitrogens with zero attached hydrogens (tertiary/aromatic N) is 2. The fourth-order valence-corrected chi connectivity index (χ4v) is 4.71. The lowest BCUT2D eigenvalue weighted by atomic mass is 9.81. The van der Waals surface area contributed by atoms with Crippen molar-refractivity contribution in [2.45, 2.75) is 70.7 Å². The summed E-state index contributed by atoms with van der Waals surface area (Å²) in [5, 5.41) is 0. The van der Waals surface area contributed by atoms with Gasteiger partial charge >= 0.3 is 0 Å². The molecule has 1 spiro atoms. The molecule has 0 amide bonds. The molecule has 2 aromatic rings. The molecule has 0 bridgehead atoms. The van der Waals surface area contributed by atoms with Crippen molar-refractivity contribution in [3.05, 3.63) is 58.8 Å². The highest BCUT2D eigenvalue weighted by molar-refractivity contribution is 5.43. The average molecular weight is 410 g/mol. The molecule has 0 atom stereocenters. The van der Waals surface area contributed by atoms with Crippen molar-refractivity contribution in [2.24, 2.45) is 5.73 Å². The summed E-state index contributed by atoms with van der Waals surface area (Å²) in [6.07, 6.45) is 3.96. The van der Waals surface area contributed by atoms with Crippen LogP contribution < -0.4 is 10.5 Å². The largest absolute Gasteiger partial charge is 0.476 e. The number of nitrogens with two attached hydrogens (primary N) is 1. The molecular weight excluding hydrogens is 374 g/mol. The standard InChI is InChI=1S/C25H35N3O2/c1-18-6-8-20-21(14-18)25(30-24(20,4)5)10-12-28(13-11-25)16-19-7-9-22(27-15-19)29-17-23(2,3)26/h6-9,14-15H,10-13,16-17,26H2,1-5H3. The van der Waals surface area contributed by atoms with E-state index in [1.54, 1.807) is 0 Å². The number of fused-ring (bicyclic) bond motifs is 2. The topological polar surface area (TPSA) is 60.6 Å². The van der Waals surface area contributed by atoms with Crippen LogP contribution in [-0.2, 0) is 22.5 Å². The SMILES string of the molecule is Cc1ccc2c(c1)C1(CCN(Cc3ccc(OCC(C)(C)N)nc3)CC1)OC2(C)C. The van der Waals surface area contributed by atoms with Crippen molar-refractivity contribution in [3.63, 3.8) is 0 Å². The van der Waals surface area contributed by atoms with Crippen LogP contribution in [0.5, 0.6) is 5.88 Å². The summed E-state index contributed by atoms with van der Waals surface area (Å²) in [5.74, 6) is 0.628. The van der Waals surface area contributed by atoms with Crippen molar-refractivity contribution in [1.29, 1.82) is 0 Å². The Labute approximate surface area is 180 Å². The lowest BCUT2D eigenvalue weighted by Crippen LogP contribution is -2.43. The number of piperidine rings is 1. The Bertz CT molecular complexity index is 892. The van der Waals surface area contributed by atoms with Gasteiger partial charge in [0.15, 0.2) is 0 Å². The molecule has 30 heavy (non-hydrogen) atoms. The zero-order chi connectivity index (χ0) is 21.6. The van der Waals surface area contributed by atoms with Crippen molar-refractivity contribution >= 4 is 0 Å². The van der Waals surface area contributed by atoms with Crippen LogP contribution in [0.15, 0.2) is 36.5 Å². The number of rotatable bonds is 5. The Balaban J connectivity index is 1.38. The highest BCUT2D eigenvalue weighted by atomic mass is 16.5. The van der Waals surface area contributed by atoms with Crippen molar-refractivity contribution in [1.82, 2.24) is 9.88 Å². The van der Waals surface area contributed by atoms with E-state index in [2.05, 4.69) is 54.9 Å². The smallest absolute Gasteiger partial charge is 0.213 e. The Hall–Kier alpha value is -1.95. The van der Waals surface area contributed by atoms with E-state index in [0.29, 0.717) is 12.5 Å². The van der Waals surface area contributed by atoms with Gasteiger partial charge in [-0.2, -0.15) is 0 Å². The normalized spacial score (nSPS) is 20.3. The third-order valence-corrected chi connectivity index (χ3v) is 6.22. The lowest BCUT2D eigenvalue weighted by Gasteiger charge is -2.40. The molecule has 0 saturated carbocycles. The maximum Gasteiger partial charge on any atom is 0.213 e. The van der Waals surface area contributed by atoms with Gasteiger partial charge in [0.2, 0.25) is 5.88 Å². The Morgan fingerprint density at radius 3 is 2.50 bits per heavy atom. The Kier molecular flexibility index (Phi) is 5.41. The molecule has 1 saturated heterocycles. The van der Waals surface area contributed by atoms with Crippen molar-refractivity contribution < 1.29 is 9.47 Å². The highest BCUT2D eigenvalue weighted by Gasteiger charge is 2.49. The van der Waals surface area contributed by atoms with Gasteiger partial charge in [-0.15, -0.1) is 0 Å². The molecule has 0 unspecified atom stereocenters. The van der Waals surface area contributed by atoms with Crippen LogP contribution in [0.4, 0.5) is 0 Å². The number of hydrogen-bond acceptors (Lipinski definition) is 5. The predicted molar refractivity (Wildman–Crippen MR) is 119 cm³/mol. The number of aromatic nitrogens is 1. The average Bonchev–Trinajstić information content (AvgIpc) is 2.89. The number of aryl methyl sites for hydroxylation is 1. The van der Waals surface area contributed by atoms with E-state index in [4.69, 9.17) is 15.2 Å². The van der Waals surface area contributed by atoms with Gasteiger partial charge in [0.1, 0.15) is 6.61 Å². The minimum absolute atomic E-state index is 0.147. The second-order valence-corrected chi connectivity index (χ2v) is 10.2. The second kappa shape index (κ2) is 7.63. The number of pyridine rings is 1. The Morgan fingerprint density at radius 1 is 1.13 bits per heavy atom. The molecule has 2 aliphatic rings. The monoisotopic (exact) mass is 409 g/mol. The van der Waals surface area contributed by atoms with Gasteiger partial charge in [0.25, 0.3) is 0 Å². The first-order chi connectivity index (χ1) is 14.1. The molecule has 1 fully saturated rings. The second-order valence-electron chi connectivity index (χ2n) is 10.2. The first-order valence-corrected chi connectivity index (χ1v) is 11.0. The van der Waals surface area contributed by atoms with E-state index >= 15 is 0 Å². The molecule has 5 heteroatoms. The lowest BCUT2D eigenvalue weighted by molar-refractivity contribution is -0.150. The molecular formula is C25H35N3O2. The van der Waals surface area contributed by atoms with Crippen LogP contribution in [0, 0.1) is 6.92 Å². The van der Waals surface area contributed by atoms with E-state index in [1.807, 2.05) is 26.1 Å². The van der Waals surface area contributed by atoms with E-state index in [1.165, 1.54) is 22.3 Å². The maximum absolute atomic E-state index is 6.71. The van der Waals surface area contributed by atoms with Crippen LogP contribution in [0.3, 0.4) is 0 Å². The third-order valence-electron chi connectivity index (χ3n) is 6.22. The van der Waals surface area contributed by atoms with Crippen LogP contribution in [-0.4, -0.2) is 35.1 Å². The van der Waals surface area contributed by atoms with Gasteiger partial charge in [0.05, 0.1) is 11.2 Å². The van der Waals surface area contributed by atoms with E-state index < -0.39 is 0 Å².